The highest BCUT2D eigenvalue weighted by Gasteiger charge is 2.23. The number of rotatable bonds is 7. The molecule has 1 amide bonds. The van der Waals surface area contributed by atoms with Gasteiger partial charge in [-0.3, -0.25) is 9.59 Å². The van der Waals surface area contributed by atoms with Crippen molar-refractivity contribution in [2.24, 2.45) is 0 Å². The molecule has 1 N–H and O–H groups in total. The zero-order valence-corrected chi connectivity index (χ0v) is 14.9. The van der Waals surface area contributed by atoms with Crippen LogP contribution in [0.25, 0.3) is 0 Å². The molecule has 0 radical (unpaired) electrons. The second kappa shape index (κ2) is 9.34. The molecule has 6 nitrogen and oxygen atoms in total. The van der Waals surface area contributed by atoms with Gasteiger partial charge in [0.15, 0.2) is 6.10 Å². The van der Waals surface area contributed by atoms with Crippen LogP contribution in [0.5, 0.6) is 5.75 Å². The molecule has 0 heterocycles. The SMILES string of the molecule is COC(=O)C[C@@H](NC(=O)[C@H](C)Oc1ccc(C#N)cc1)c1ccc(F)cc1. The molecule has 140 valence electrons. The normalized spacial score (nSPS) is 12.4. The average molecular weight is 370 g/mol. The van der Waals surface area contributed by atoms with E-state index in [2.05, 4.69) is 10.1 Å². The monoisotopic (exact) mass is 370 g/mol. The van der Waals surface area contributed by atoms with Gasteiger partial charge in [0, 0.05) is 0 Å². The molecule has 2 atom stereocenters. The number of carbonyl (C=O) groups excluding carboxylic acids is 2. The first kappa shape index (κ1) is 19.9. The first-order chi connectivity index (χ1) is 12.9. The fourth-order valence-electron chi connectivity index (χ4n) is 2.35. The van der Waals surface area contributed by atoms with Crippen LogP contribution >= 0.6 is 0 Å². The van der Waals surface area contributed by atoms with Gasteiger partial charge in [-0.1, -0.05) is 12.1 Å². The maximum atomic E-state index is 13.1. The van der Waals surface area contributed by atoms with Gasteiger partial charge in [-0.05, 0) is 48.9 Å². The third kappa shape index (κ3) is 5.82. The van der Waals surface area contributed by atoms with Crippen LogP contribution in [0.4, 0.5) is 4.39 Å². The molecular formula is C20H19FN2O4. The molecule has 2 rings (SSSR count). The molecule has 7 heteroatoms. The summed E-state index contributed by atoms with van der Waals surface area (Å²) in [5.74, 6) is -0.940. The standard InChI is InChI=1S/C20H19FN2O4/c1-13(27-17-9-3-14(12-22)4-10-17)20(25)23-18(11-19(24)26-2)15-5-7-16(21)8-6-15/h3-10,13,18H,11H2,1-2H3,(H,23,25)/t13-,18+/m0/s1. The number of nitriles is 1. The van der Waals surface area contributed by atoms with Crippen molar-refractivity contribution in [3.05, 3.63) is 65.5 Å². The summed E-state index contributed by atoms with van der Waals surface area (Å²) in [7, 11) is 1.25. The van der Waals surface area contributed by atoms with Gasteiger partial charge < -0.3 is 14.8 Å². The lowest BCUT2D eigenvalue weighted by Crippen LogP contribution is -2.39. The van der Waals surface area contributed by atoms with E-state index in [1.165, 1.54) is 31.4 Å². The number of halogens is 1. The molecule has 0 bridgehead atoms. The Morgan fingerprint density at radius 1 is 1.15 bits per heavy atom. The van der Waals surface area contributed by atoms with Crippen LogP contribution in [0.15, 0.2) is 48.5 Å². The number of hydrogen-bond acceptors (Lipinski definition) is 5. The molecule has 0 unspecified atom stereocenters. The third-order valence-electron chi connectivity index (χ3n) is 3.85. The number of benzene rings is 2. The number of hydrogen-bond donors (Lipinski definition) is 1. The smallest absolute Gasteiger partial charge is 0.307 e. The van der Waals surface area contributed by atoms with E-state index >= 15 is 0 Å². The van der Waals surface area contributed by atoms with E-state index in [9.17, 15) is 14.0 Å². The Bertz CT molecular complexity index is 829. The minimum absolute atomic E-state index is 0.0997. The van der Waals surface area contributed by atoms with Crippen LogP contribution in [0, 0.1) is 17.1 Å². The van der Waals surface area contributed by atoms with Crippen molar-refractivity contribution in [2.45, 2.75) is 25.5 Å². The Morgan fingerprint density at radius 3 is 2.33 bits per heavy atom. The van der Waals surface area contributed by atoms with Crippen LogP contribution < -0.4 is 10.1 Å². The van der Waals surface area contributed by atoms with Crippen molar-refractivity contribution in [1.82, 2.24) is 5.32 Å². The molecule has 2 aromatic rings. The zero-order chi connectivity index (χ0) is 19.8. The Kier molecular flexibility index (Phi) is 6.89. The number of amides is 1. The minimum atomic E-state index is -0.849. The fourth-order valence-corrected chi connectivity index (χ4v) is 2.35. The van der Waals surface area contributed by atoms with E-state index < -0.39 is 29.8 Å². The molecule has 2 aromatic carbocycles. The molecule has 0 saturated carbocycles. The summed E-state index contributed by atoms with van der Waals surface area (Å²) in [5, 5.41) is 11.5. The number of nitrogens with one attached hydrogen (secondary N) is 1. The Hall–Kier alpha value is -3.40. The van der Waals surface area contributed by atoms with Crippen molar-refractivity contribution >= 4 is 11.9 Å². The van der Waals surface area contributed by atoms with Crippen molar-refractivity contribution in [2.75, 3.05) is 7.11 Å². The summed E-state index contributed by atoms with van der Waals surface area (Å²) >= 11 is 0. The third-order valence-corrected chi connectivity index (χ3v) is 3.85. The number of carbonyl (C=O) groups is 2. The number of nitrogens with zero attached hydrogens (tertiary/aromatic N) is 1. The molecule has 0 fully saturated rings. The van der Waals surface area contributed by atoms with Crippen LogP contribution in [0.3, 0.4) is 0 Å². The van der Waals surface area contributed by atoms with Crippen molar-refractivity contribution in [1.29, 1.82) is 5.26 Å². The van der Waals surface area contributed by atoms with E-state index in [0.717, 1.165) is 0 Å². The Labute approximate surface area is 156 Å². The predicted octanol–water partition coefficient (Wildman–Crippen LogP) is 2.89. The van der Waals surface area contributed by atoms with Crippen LogP contribution in [0.1, 0.15) is 30.5 Å². The van der Waals surface area contributed by atoms with Gasteiger partial charge in [-0.15, -0.1) is 0 Å². The molecule has 0 aromatic heterocycles. The molecular weight excluding hydrogens is 351 g/mol. The molecule has 0 aliphatic heterocycles. The summed E-state index contributed by atoms with van der Waals surface area (Å²) in [4.78, 5) is 24.1. The van der Waals surface area contributed by atoms with Crippen molar-refractivity contribution < 1.29 is 23.5 Å². The molecule has 0 aliphatic carbocycles. The highest BCUT2D eigenvalue weighted by Crippen LogP contribution is 2.19. The number of methoxy groups -OCH3 is 1. The summed E-state index contributed by atoms with van der Waals surface area (Å²) in [6.07, 6.45) is -0.948. The quantitative estimate of drug-likeness (QED) is 0.757. The molecule has 0 saturated heterocycles. The summed E-state index contributed by atoms with van der Waals surface area (Å²) < 4.78 is 23.4. The number of esters is 1. The highest BCUT2D eigenvalue weighted by molar-refractivity contribution is 5.82. The van der Waals surface area contributed by atoms with Gasteiger partial charge in [0.2, 0.25) is 0 Å². The van der Waals surface area contributed by atoms with Gasteiger partial charge in [0.05, 0.1) is 31.2 Å². The lowest BCUT2D eigenvalue weighted by molar-refractivity contribution is -0.141. The van der Waals surface area contributed by atoms with E-state index in [-0.39, 0.29) is 6.42 Å². The van der Waals surface area contributed by atoms with Gasteiger partial charge in [-0.25, -0.2) is 4.39 Å². The summed E-state index contributed by atoms with van der Waals surface area (Å²) in [6, 6.07) is 13.2. The first-order valence-electron chi connectivity index (χ1n) is 8.22. The van der Waals surface area contributed by atoms with Gasteiger partial charge in [0.25, 0.3) is 5.91 Å². The summed E-state index contributed by atoms with van der Waals surface area (Å²) in [6.45, 7) is 1.56. The van der Waals surface area contributed by atoms with Gasteiger partial charge in [0.1, 0.15) is 11.6 Å². The highest BCUT2D eigenvalue weighted by atomic mass is 19.1. The Morgan fingerprint density at radius 2 is 1.78 bits per heavy atom. The molecule has 0 spiro atoms. The maximum absolute atomic E-state index is 13.1. The van der Waals surface area contributed by atoms with Crippen LogP contribution in [-0.2, 0) is 14.3 Å². The van der Waals surface area contributed by atoms with E-state index in [0.29, 0.717) is 16.9 Å². The van der Waals surface area contributed by atoms with Crippen LogP contribution in [0.2, 0.25) is 0 Å². The van der Waals surface area contributed by atoms with Gasteiger partial charge in [-0.2, -0.15) is 5.26 Å². The lowest BCUT2D eigenvalue weighted by atomic mass is 10.0. The van der Waals surface area contributed by atoms with Crippen LogP contribution in [-0.4, -0.2) is 25.1 Å². The largest absolute Gasteiger partial charge is 0.481 e. The molecule has 27 heavy (non-hydrogen) atoms. The number of ether oxygens (including phenoxy) is 2. The first-order valence-corrected chi connectivity index (χ1v) is 8.22. The van der Waals surface area contributed by atoms with E-state index in [1.54, 1.807) is 31.2 Å². The average Bonchev–Trinajstić information content (AvgIpc) is 2.68. The maximum Gasteiger partial charge on any atom is 0.307 e. The van der Waals surface area contributed by atoms with E-state index in [1.807, 2.05) is 6.07 Å². The fraction of sp³-hybridized carbons (Fsp3) is 0.250. The zero-order valence-electron chi connectivity index (χ0n) is 14.9. The van der Waals surface area contributed by atoms with E-state index in [4.69, 9.17) is 10.00 Å². The second-order valence-electron chi connectivity index (χ2n) is 5.79. The lowest BCUT2D eigenvalue weighted by Gasteiger charge is -2.21. The predicted molar refractivity (Wildman–Crippen MR) is 95.2 cm³/mol. The van der Waals surface area contributed by atoms with Gasteiger partial charge >= 0.3 is 5.97 Å². The molecule has 0 aliphatic rings. The van der Waals surface area contributed by atoms with Crippen molar-refractivity contribution in [3.8, 4) is 11.8 Å². The Balaban J connectivity index is 2.07. The van der Waals surface area contributed by atoms with Crippen molar-refractivity contribution in [3.63, 3.8) is 0 Å². The second-order valence-corrected chi connectivity index (χ2v) is 5.79. The summed E-state index contributed by atoms with van der Waals surface area (Å²) in [5.41, 5.74) is 1.05. The topological polar surface area (TPSA) is 88.4 Å². The minimum Gasteiger partial charge on any atom is -0.481 e.